The minimum Gasteiger partial charge on any atom is -0.390 e. The first-order chi connectivity index (χ1) is 10.6. The van der Waals surface area contributed by atoms with Crippen LogP contribution in [0.3, 0.4) is 0 Å². The van der Waals surface area contributed by atoms with E-state index in [1.807, 2.05) is 37.3 Å². The molecule has 0 bridgehead atoms. The maximum atomic E-state index is 12.7. The molecule has 0 aliphatic rings. The molecule has 1 heterocycles. The molecule has 110 valence electrons. The van der Waals surface area contributed by atoms with Gasteiger partial charge in [-0.25, -0.2) is 0 Å². The van der Waals surface area contributed by atoms with Crippen molar-refractivity contribution in [3.63, 3.8) is 0 Å². The summed E-state index contributed by atoms with van der Waals surface area (Å²) in [5, 5.41) is 1.16. The van der Waals surface area contributed by atoms with E-state index in [-0.39, 0.29) is 5.78 Å². The molecule has 1 aromatic heterocycles. The fourth-order valence-electron chi connectivity index (χ4n) is 2.43. The second-order valence-electron chi connectivity index (χ2n) is 5.00. The number of anilines is 1. The van der Waals surface area contributed by atoms with Crippen molar-refractivity contribution < 1.29 is 4.79 Å². The number of carbonyl (C=O) groups is 1. The summed E-state index contributed by atoms with van der Waals surface area (Å²) in [6, 6.07) is 16.8. The summed E-state index contributed by atoms with van der Waals surface area (Å²) in [5.74, 6) is -0.0647. The van der Waals surface area contributed by atoms with Gasteiger partial charge in [0.15, 0.2) is 5.78 Å². The van der Waals surface area contributed by atoms with E-state index in [1.165, 1.54) is 11.3 Å². The molecule has 0 aliphatic carbocycles. The Kier molecular flexibility index (Phi) is 4.01. The summed E-state index contributed by atoms with van der Waals surface area (Å²) in [7, 11) is 0. The van der Waals surface area contributed by atoms with Gasteiger partial charge in [0.2, 0.25) is 0 Å². The lowest BCUT2D eigenvalue weighted by atomic mass is 9.99. The molecule has 2 nitrogen and oxygen atoms in total. The maximum Gasteiger partial charge on any atom is 0.196 e. The number of ketones is 1. The van der Waals surface area contributed by atoms with E-state index in [4.69, 9.17) is 17.3 Å². The Labute approximate surface area is 138 Å². The van der Waals surface area contributed by atoms with Crippen molar-refractivity contribution in [3.05, 3.63) is 76.3 Å². The highest BCUT2D eigenvalue weighted by Gasteiger charge is 2.21. The van der Waals surface area contributed by atoms with E-state index < -0.39 is 0 Å². The van der Waals surface area contributed by atoms with Crippen LogP contribution in [0.2, 0.25) is 5.02 Å². The van der Waals surface area contributed by atoms with Gasteiger partial charge in [-0.15, -0.1) is 11.3 Å². The summed E-state index contributed by atoms with van der Waals surface area (Å²) < 4.78 is 0. The number of carbonyl (C=O) groups excluding carboxylic acids is 1. The largest absolute Gasteiger partial charge is 0.390 e. The van der Waals surface area contributed by atoms with Crippen LogP contribution < -0.4 is 5.73 Å². The van der Waals surface area contributed by atoms with Crippen molar-refractivity contribution in [1.29, 1.82) is 0 Å². The van der Waals surface area contributed by atoms with Crippen LogP contribution in [0.4, 0.5) is 5.00 Å². The van der Waals surface area contributed by atoms with Gasteiger partial charge in [0.05, 0.1) is 10.6 Å². The minimum absolute atomic E-state index is 0.0647. The second kappa shape index (κ2) is 5.95. The molecule has 0 saturated carbocycles. The first-order valence-corrected chi connectivity index (χ1v) is 8.02. The summed E-state index contributed by atoms with van der Waals surface area (Å²) in [6.45, 7) is 1.94. The lowest BCUT2D eigenvalue weighted by molar-refractivity contribution is 0.103. The number of thiophene rings is 1. The smallest absolute Gasteiger partial charge is 0.196 e. The third-order valence-corrected chi connectivity index (χ3v) is 4.97. The standard InChI is InChI=1S/C18H14ClNOS/c1-11-15(16(21)12-7-9-14(19)10-8-12)18(20)22-17(11)13-5-3-2-4-6-13/h2-10H,20H2,1H3. The fourth-order valence-corrected chi connectivity index (χ4v) is 3.63. The number of hydrogen-bond acceptors (Lipinski definition) is 3. The van der Waals surface area contributed by atoms with Crippen LogP contribution in [0, 0.1) is 6.92 Å². The summed E-state index contributed by atoms with van der Waals surface area (Å²) in [4.78, 5) is 13.8. The molecule has 4 heteroatoms. The number of benzene rings is 2. The van der Waals surface area contributed by atoms with Gasteiger partial charge in [-0.05, 0) is 42.3 Å². The summed E-state index contributed by atoms with van der Waals surface area (Å²) in [5.41, 5.74) is 9.30. The monoisotopic (exact) mass is 327 g/mol. The molecule has 0 amide bonds. The topological polar surface area (TPSA) is 43.1 Å². The molecule has 0 fully saturated rings. The molecule has 2 N–H and O–H groups in total. The third-order valence-electron chi connectivity index (χ3n) is 3.54. The molecule has 2 aromatic carbocycles. The Morgan fingerprint density at radius 3 is 2.32 bits per heavy atom. The molecule has 0 spiro atoms. The van der Waals surface area contributed by atoms with Crippen LogP contribution >= 0.6 is 22.9 Å². The normalized spacial score (nSPS) is 10.6. The van der Waals surface area contributed by atoms with E-state index in [9.17, 15) is 4.79 Å². The zero-order valence-corrected chi connectivity index (χ0v) is 13.5. The quantitative estimate of drug-likeness (QED) is 0.673. The van der Waals surface area contributed by atoms with Crippen LogP contribution in [0.25, 0.3) is 10.4 Å². The van der Waals surface area contributed by atoms with E-state index in [1.54, 1.807) is 24.3 Å². The minimum atomic E-state index is -0.0647. The highest BCUT2D eigenvalue weighted by molar-refractivity contribution is 7.20. The molecular formula is C18H14ClNOS. The van der Waals surface area contributed by atoms with Crippen molar-refractivity contribution in [2.24, 2.45) is 0 Å². The van der Waals surface area contributed by atoms with E-state index in [0.29, 0.717) is 21.2 Å². The average molecular weight is 328 g/mol. The van der Waals surface area contributed by atoms with Gasteiger partial charge >= 0.3 is 0 Å². The van der Waals surface area contributed by atoms with Crippen molar-refractivity contribution in [3.8, 4) is 10.4 Å². The molecule has 0 radical (unpaired) electrons. The number of nitrogens with two attached hydrogens (primary N) is 1. The van der Waals surface area contributed by atoms with Crippen LogP contribution in [-0.4, -0.2) is 5.78 Å². The van der Waals surface area contributed by atoms with Gasteiger partial charge in [-0.2, -0.15) is 0 Å². The Balaban J connectivity index is 2.07. The molecule has 0 unspecified atom stereocenters. The lowest BCUT2D eigenvalue weighted by Crippen LogP contribution is -2.04. The first kappa shape index (κ1) is 14.8. The number of hydrogen-bond donors (Lipinski definition) is 1. The third kappa shape index (κ3) is 2.65. The number of nitrogen functional groups attached to an aromatic ring is 1. The van der Waals surface area contributed by atoms with Crippen molar-refractivity contribution in [2.75, 3.05) is 5.73 Å². The fraction of sp³-hybridized carbons (Fsp3) is 0.0556. The Morgan fingerprint density at radius 2 is 1.68 bits per heavy atom. The summed E-state index contributed by atoms with van der Waals surface area (Å²) >= 11 is 7.33. The number of rotatable bonds is 3. The molecule has 22 heavy (non-hydrogen) atoms. The van der Waals surface area contributed by atoms with Crippen LogP contribution in [0.5, 0.6) is 0 Å². The maximum absolute atomic E-state index is 12.7. The van der Waals surface area contributed by atoms with Crippen LogP contribution in [0.1, 0.15) is 21.5 Å². The predicted octanol–water partition coefficient (Wildman–Crippen LogP) is 5.19. The number of halogens is 1. The first-order valence-electron chi connectivity index (χ1n) is 6.82. The predicted molar refractivity (Wildman–Crippen MR) is 93.8 cm³/mol. The lowest BCUT2D eigenvalue weighted by Gasteiger charge is -2.03. The van der Waals surface area contributed by atoms with Gasteiger partial charge < -0.3 is 5.73 Å². The van der Waals surface area contributed by atoms with E-state index in [0.717, 1.165) is 16.0 Å². The van der Waals surface area contributed by atoms with E-state index >= 15 is 0 Å². The second-order valence-corrected chi connectivity index (χ2v) is 6.49. The molecule has 3 aromatic rings. The Morgan fingerprint density at radius 1 is 1.05 bits per heavy atom. The molecular weight excluding hydrogens is 314 g/mol. The van der Waals surface area contributed by atoms with Crippen LogP contribution in [-0.2, 0) is 0 Å². The van der Waals surface area contributed by atoms with Crippen molar-refractivity contribution >= 4 is 33.7 Å². The molecule has 0 saturated heterocycles. The average Bonchev–Trinajstić information content (AvgIpc) is 2.83. The van der Waals surface area contributed by atoms with Crippen molar-refractivity contribution in [2.45, 2.75) is 6.92 Å². The summed E-state index contributed by atoms with van der Waals surface area (Å²) in [6.07, 6.45) is 0. The van der Waals surface area contributed by atoms with Crippen LogP contribution in [0.15, 0.2) is 54.6 Å². The van der Waals surface area contributed by atoms with Gasteiger partial charge in [-0.1, -0.05) is 41.9 Å². The highest BCUT2D eigenvalue weighted by atomic mass is 35.5. The highest BCUT2D eigenvalue weighted by Crippen LogP contribution is 2.39. The van der Waals surface area contributed by atoms with Gasteiger partial charge in [-0.3, -0.25) is 4.79 Å². The SMILES string of the molecule is Cc1c(-c2ccccc2)sc(N)c1C(=O)c1ccc(Cl)cc1. The van der Waals surface area contributed by atoms with E-state index in [2.05, 4.69) is 0 Å². The Bertz CT molecular complexity index is 822. The molecule has 0 aliphatic heterocycles. The molecule has 3 rings (SSSR count). The van der Waals surface area contributed by atoms with Crippen molar-refractivity contribution in [1.82, 2.24) is 0 Å². The molecule has 0 atom stereocenters. The zero-order valence-electron chi connectivity index (χ0n) is 12.0. The van der Waals surface area contributed by atoms with Gasteiger partial charge in [0.25, 0.3) is 0 Å². The van der Waals surface area contributed by atoms with Gasteiger partial charge in [0, 0.05) is 15.5 Å². The van der Waals surface area contributed by atoms with Gasteiger partial charge in [0.1, 0.15) is 0 Å². The Hall–Kier alpha value is -2.10. The zero-order chi connectivity index (χ0) is 15.7.